The van der Waals surface area contributed by atoms with Crippen LogP contribution in [0.1, 0.15) is 11.1 Å². The zero-order valence-corrected chi connectivity index (χ0v) is 11.7. The molecule has 0 spiro atoms. The molecule has 0 radical (unpaired) electrons. The summed E-state index contributed by atoms with van der Waals surface area (Å²) in [6.45, 7) is 3.77. The predicted molar refractivity (Wildman–Crippen MR) is 72.6 cm³/mol. The van der Waals surface area contributed by atoms with Crippen LogP contribution in [0.2, 0.25) is 0 Å². The highest BCUT2D eigenvalue weighted by Crippen LogP contribution is 2.31. The fourth-order valence-corrected chi connectivity index (χ4v) is 2.03. The first-order chi connectivity index (χ1) is 8.63. The van der Waals surface area contributed by atoms with Gasteiger partial charge in [0, 0.05) is 18.7 Å². The number of likely N-dealkylation sites (N-methyl/N-ethyl adjacent to an activating group) is 1. The summed E-state index contributed by atoms with van der Waals surface area (Å²) in [6, 6.07) is 4.01. The van der Waals surface area contributed by atoms with E-state index in [4.69, 9.17) is 14.6 Å². The molecule has 1 N–H and O–H groups in total. The number of methoxy groups -OCH3 is 2. The van der Waals surface area contributed by atoms with E-state index in [1.54, 1.807) is 14.2 Å². The van der Waals surface area contributed by atoms with Crippen LogP contribution in [0.15, 0.2) is 12.1 Å². The Hall–Kier alpha value is -1.26. The van der Waals surface area contributed by atoms with E-state index in [2.05, 4.69) is 4.90 Å². The second kappa shape index (κ2) is 7.24. The van der Waals surface area contributed by atoms with Crippen LogP contribution in [0, 0.1) is 6.92 Å². The van der Waals surface area contributed by atoms with Crippen molar-refractivity contribution in [1.29, 1.82) is 0 Å². The standard InChI is InChI=1S/C14H23NO3/c1-11-13(17-3)6-5-12(14(11)18-4)7-8-15(2)9-10-16/h5-6,16H,7-10H2,1-4H3. The van der Waals surface area contributed by atoms with E-state index in [-0.39, 0.29) is 6.61 Å². The Kier molecular flexibility index (Phi) is 5.95. The van der Waals surface area contributed by atoms with Crippen molar-refractivity contribution >= 4 is 0 Å². The summed E-state index contributed by atoms with van der Waals surface area (Å²) in [6.07, 6.45) is 0.893. The summed E-state index contributed by atoms with van der Waals surface area (Å²) in [5.74, 6) is 1.74. The third kappa shape index (κ3) is 3.62. The van der Waals surface area contributed by atoms with Crippen LogP contribution in [0.5, 0.6) is 11.5 Å². The molecule has 18 heavy (non-hydrogen) atoms. The highest BCUT2D eigenvalue weighted by molar-refractivity contribution is 5.49. The first-order valence-corrected chi connectivity index (χ1v) is 6.13. The zero-order valence-electron chi connectivity index (χ0n) is 11.7. The van der Waals surface area contributed by atoms with Gasteiger partial charge in [-0.1, -0.05) is 6.07 Å². The quantitative estimate of drug-likeness (QED) is 0.799. The molecule has 0 amide bonds. The van der Waals surface area contributed by atoms with E-state index < -0.39 is 0 Å². The molecule has 1 rings (SSSR count). The maximum Gasteiger partial charge on any atom is 0.128 e. The molecule has 4 heteroatoms. The lowest BCUT2D eigenvalue weighted by molar-refractivity contribution is 0.222. The van der Waals surface area contributed by atoms with Gasteiger partial charge in [-0.25, -0.2) is 0 Å². The van der Waals surface area contributed by atoms with Crippen LogP contribution in [-0.2, 0) is 6.42 Å². The SMILES string of the molecule is COc1ccc(CCN(C)CCO)c(OC)c1C. The molecule has 0 unspecified atom stereocenters. The summed E-state index contributed by atoms with van der Waals surface area (Å²) in [5, 5.41) is 8.86. The lowest BCUT2D eigenvalue weighted by Crippen LogP contribution is -2.24. The minimum Gasteiger partial charge on any atom is -0.496 e. The van der Waals surface area contributed by atoms with Gasteiger partial charge in [-0.05, 0) is 32.0 Å². The predicted octanol–water partition coefficient (Wildman–Crippen LogP) is 1.48. The summed E-state index contributed by atoms with van der Waals surface area (Å²) in [7, 11) is 5.35. The van der Waals surface area contributed by atoms with Crippen molar-refractivity contribution in [3.63, 3.8) is 0 Å². The lowest BCUT2D eigenvalue weighted by atomic mass is 10.1. The van der Waals surface area contributed by atoms with Crippen molar-refractivity contribution in [2.75, 3.05) is 41.0 Å². The maximum atomic E-state index is 8.86. The first-order valence-electron chi connectivity index (χ1n) is 6.13. The molecular weight excluding hydrogens is 230 g/mol. The fraction of sp³-hybridized carbons (Fsp3) is 0.571. The minimum atomic E-state index is 0.190. The van der Waals surface area contributed by atoms with E-state index in [9.17, 15) is 0 Å². The second-order valence-corrected chi connectivity index (χ2v) is 4.36. The topological polar surface area (TPSA) is 41.9 Å². The Labute approximate surface area is 109 Å². The van der Waals surface area contributed by atoms with Crippen LogP contribution >= 0.6 is 0 Å². The molecule has 102 valence electrons. The van der Waals surface area contributed by atoms with Gasteiger partial charge in [-0.15, -0.1) is 0 Å². The number of aliphatic hydroxyl groups excluding tert-OH is 1. The number of benzene rings is 1. The Morgan fingerprint density at radius 2 is 1.89 bits per heavy atom. The molecule has 0 bridgehead atoms. The first kappa shape index (κ1) is 14.8. The van der Waals surface area contributed by atoms with Crippen LogP contribution in [-0.4, -0.2) is 51.0 Å². The van der Waals surface area contributed by atoms with Crippen LogP contribution in [0.4, 0.5) is 0 Å². The van der Waals surface area contributed by atoms with E-state index in [0.29, 0.717) is 6.54 Å². The molecule has 0 heterocycles. The molecule has 0 fully saturated rings. The largest absolute Gasteiger partial charge is 0.496 e. The van der Waals surface area contributed by atoms with Crippen molar-refractivity contribution in [1.82, 2.24) is 4.90 Å². The molecule has 0 aromatic heterocycles. The van der Waals surface area contributed by atoms with Crippen LogP contribution < -0.4 is 9.47 Å². The van der Waals surface area contributed by atoms with Gasteiger partial charge >= 0.3 is 0 Å². The smallest absolute Gasteiger partial charge is 0.128 e. The molecule has 0 aliphatic carbocycles. The lowest BCUT2D eigenvalue weighted by Gasteiger charge is -2.18. The van der Waals surface area contributed by atoms with Crippen LogP contribution in [0.3, 0.4) is 0 Å². The van der Waals surface area contributed by atoms with Gasteiger partial charge in [0.1, 0.15) is 11.5 Å². The third-order valence-electron chi connectivity index (χ3n) is 3.11. The molecule has 0 aliphatic rings. The second-order valence-electron chi connectivity index (χ2n) is 4.36. The highest BCUT2D eigenvalue weighted by atomic mass is 16.5. The monoisotopic (exact) mass is 253 g/mol. The van der Waals surface area contributed by atoms with Crippen molar-refractivity contribution in [3.8, 4) is 11.5 Å². The van der Waals surface area contributed by atoms with Gasteiger partial charge in [0.15, 0.2) is 0 Å². The summed E-state index contributed by atoms with van der Waals surface area (Å²) < 4.78 is 10.7. The van der Waals surface area contributed by atoms with E-state index in [1.807, 2.05) is 26.1 Å². The Balaban J connectivity index is 2.79. The average Bonchev–Trinajstić information content (AvgIpc) is 2.36. The number of rotatable bonds is 7. The molecule has 1 aromatic carbocycles. The molecule has 0 saturated heterocycles. The minimum absolute atomic E-state index is 0.190. The van der Waals surface area contributed by atoms with Gasteiger partial charge in [0.2, 0.25) is 0 Å². The van der Waals surface area contributed by atoms with Gasteiger partial charge in [-0.3, -0.25) is 0 Å². The van der Waals surface area contributed by atoms with Gasteiger partial charge < -0.3 is 19.5 Å². The van der Waals surface area contributed by atoms with E-state index in [0.717, 1.165) is 30.0 Å². The molecule has 0 atom stereocenters. The normalized spacial score (nSPS) is 10.8. The molecular formula is C14H23NO3. The number of nitrogens with zero attached hydrogens (tertiary/aromatic N) is 1. The number of hydrogen-bond donors (Lipinski definition) is 1. The molecule has 1 aromatic rings. The van der Waals surface area contributed by atoms with Gasteiger partial charge in [0.25, 0.3) is 0 Å². The number of aliphatic hydroxyl groups is 1. The number of ether oxygens (including phenoxy) is 2. The summed E-state index contributed by atoms with van der Waals surface area (Å²) in [5.41, 5.74) is 2.20. The van der Waals surface area contributed by atoms with Crippen molar-refractivity contribution < 1.29 is 14.6 Å². The summed E-state index contributed by atoms with van der Waals surface area (Å²) >= 11 is 0. The number of hydrogen-bond acceptors (Lipinski definition) is 4. The van der Waals surface area contributed by atoms with Crippen LogP contribution in [0.25, 0.3) is 0 Å². The zero-order chi connectivity index (χ0) is 13.5. The highest BCUT2D eigenvalue weighted by Gasteiger charge is 2.11. The van der Waals surface area contributed by atoms with Crippen molar-refractivity contribution in [2.45, 2.75) is 13.3 Å². The Morgan fingerprint density at radius 1 is 1.17 bits per heavy atom. The van der Waals surface area contributed by atoms with Gasteiger partial charge in [0.05, 0.1) is 20.8 Å². The average molecular weight is 253 g/mol. The van der Waals surface area contributed by atoms with E-state index in [1.165, 1.54) is 5.56 Å². The Bertz CT molecular complexity index is 380. The van der Waals surface area contributed by atoms with Crippen molar-refractivity contribution in [3.05, 3.63) is 23.3 Å². The maximum absolute atomic E-state index is 8.86. The fourth-order valence-electron chi connectivity index (χ4n) is 2.03. The third-order valence-corrected chi connectivity index (χ3v) is 3.11. The van der Waals surface area contributed by atoms with Gasteiger partial charge in [-0.2, -0.15) is 0 Å². The molecule has 0 aliphatic heterocycles. The summed E-state index contributed by atoms with van der Waals surface area (Å²) in [4.78, 5) is 2.10. The molecule has 4 nitrogen and oxygen atoms in total. The van der Waals surface area contributed by atoms with Crippen molar-refractivity contribution in [2.24, 2.45) is 0 Å². The molecule has 0 saturated carbocycles. The Morgan fingerprint density at radius 3 is 2.44 bits per heavy atom. The van der Waals surface area contributed by atoms with E-state index >= 15 is 0 Å².